The minimum atomic E-state index is 0.244. The second kappa shape index (κ2) is 9.19. The first kappa shape index (κ1) is 17.3. The van der Waals surface area contributed by atoms with Crippen LogP contribution in [-0.2, 0) is 17.9 Å². The van der Waals surface area contributed by atoms with Crippen molar-refractivity contribution in [1.82, 2.24) is 9.47 Å². The fourth-order valence-electron chi connectivity index (χ4n) is 2.79. The maximum absolute atomic E-state index is 12.2. The molecule has 0 fully saturated rings. The van der Waals surface area contributed by atoms with Crippen LogP contribution in [0.25, 0.3) is 0 Å². The molecular formula is C20H28N2O. The molecule has 0 saturated carbocycles. The number of hydrogen-bond donors (Lipinski definition) is 0. The van der Waals surface area contributed by atoms with E-state index in [0.717, 1.165) is 19.5 Å². The van der Waals surface area contributed by atoms with Gasteiger partial charge in [0.15, 0.2) is 0 Å². The molecule has 0 bridgehead atoms. The van der Waals surface area contributed by atoms with Gasteiger partial charge in [-0.1, -0.05) is 57.0 Å². The Labute approximate surface area is 139 Å². The van der Waals surface area contributed by atoms with E-state index in [4.69, 9.17) is 0 Å². The van der Waals surface area contributed by atoms with Crippen molar-refractivity contribution in [3.8, 4) is 0 Å². The minimum Gasteiger partial charge on any atom is -0.345 e. The molecule has 0 unspecified atom stereocenters. The summed E-state index contributed by atoms with van der Waals surface area (Å²) in [5.74, 6) is 0.244. The van der Waals surface area contributed by atoms with Gasteiger partial charge in [-0.05, 0) is 24.1 Å². The topological polar surface area (TPSA) is 25.2 Å². The van der Waals surface area contributed by atoms with E-state index in [1.165, 1.54) is 24.1 Å². The van der Waals surface area contributed by atoms with Crippen LogP contribution in [0.5, 0.6) is 0 Å². The Bertz CT molecular complexity index is 589. The quantitative estimate of drug-likeness (QED) is 0.627. The zero-order chi connectivity index (χ0) is 16.5. The van der Waals surface area contributed by atoms with Crippen molar-refractivity contribution in [3.63, 3.8) is 0 Å². The maximum atomic E-state index is 12.2. The standard InChI is InChI=1S/C20H28N2O/c1-3-5-9-14-22(20(23)4-2)17-19-13-10-15-21(19)16-18-11-7-6-8-12-18/h6-8,10-13,15H,3-5,9,14,16-17H2,1-2H3. The second-order valence-corrected chi connectivity index (χ2v) is 5.99. The lowest BCUT2D eigenvalue weighted by molar-refractivity contribution is -0.131. The third-order valence-corrected chi connectivity index (χ3v) is 4.16. The number of carbonyl (C=O) groups excluding carboxylic acids is 1. The smallest absolute Gasteiger partial charge is 0.222 e. The highest BCUT2D eigenvalue weighted by Gasteiger charge is 2.13. The predicted molar refractivity (Wildman–Crippen MR) is 95.2 cm³/mol. The average molecular weight is 312 g/mol. The van der Waals surface area contributed by atoms with E-state index < -0.39 is 0 Å². The number of carbonyl (C=O) groups is 1. The number of hydrogen-bond acceptors (Lipinski definition) is 1. The van der Waals surface area contributed by atoms with E-state index >= 15 is 0 Å². The Hall–Kier alpha value is -2.03. The molecule has 1 heterocycles. The summed E-state index contributed by atoms with van der Waals surface area (Å²) in [6, 6.07) is 14.6. The van der Waals surface area contributed by atoms with Crippen LogP contribution in [0.1, 0.15) is 50.8 Å². The third-order valence-electron chi connectivity index (χ3n) is 4.16. The average Bonchev–Trinajstić information content (AvgIpc) is 3.01. The molecule has 0 saturated heterocycles. The van der Waals surface area contributed by atoms with Gasteiger partial charge < -0.3 is 9.47 Å². The number of aromatic nitrogens is 1. The Morgan fingerprint density at radius 2 is 1.83 bits per heavy atom. The van der Waals surface area contributed by atoms with Crippen molar-refractivity contribution >= 4 is 5.91 Å². The molecule has 2 rings (SSSR count). The van der Waals surface area contributed by atoms with E-state index in [0.29, 0.717) is 13.0 Å². The van der Waals surface area contributed by atoms with Crippen LogP contribution in [0.4, 0.5) is 0 Å². The molecule has 1 aromatic heterocycles. The molecule has 3 nitrogen and oxygen atoms in total. The first-order chi connectivity index (χ1) is 11.2. The van der Waals surface area contributed by atoms with Crippen molar-refractivity contribution in [3.05, 3.63) is 59.9 Å². The van der Waals surface area contributed by atoms with Crippen molar-refractivity contribution < 1.29 is 4.79 Å². The summed E-state index contributed by atoms with van der Waals surface area (Å²) in [6.07, 6.45) is 6.12. The third kappa shape index (κ3) is 5.27. The highest BCUT2D eigenvalue weighted by atomic mass is 16.2. The molecule has 0 N–H and O–H groups in total. The predicted octanol–water partition coefficient (Wildman–Crippen LogP) is 4.47. The summed E-state index contributed by atoms with van der Waals surface area (Å²) in [5, 5.41) is 0. The first-order valence-corrected chi connectivity index (χ1v) is 8.70. The van der Waals surface area contributed by atoms with Crippen LogP contribution < -0.4 is 0 Å². The molecule has 0 aliphatic carbocycles. The summed E-state index contributed by atoms with van der Waals surface area (Å²) >= 11 is 0. The zero-order valence-electron chi connectivity index (χ0n) is 14.4. The normalized spacial score (nSPS) is 10.7. The molecular weight excluding hydrogens is 284 g/mol. The van der Waals surface area contributed by atoms with Crippen molar-refractivity contribution in [2.24, 2.45) is 0 Å². The molecule has 2 aromatic rings. The van der Waals surface area contributed by atoms with Crippen LogP contribution in [0.3, 0.4) is 0 Å². The molecule has 0 radical (unpaired) electrons. The van der Waals surface area contributed by atoms with Crippen LogP contribution in [0.15, 0.2) is 48.7 Å². The number of nitrogens with zero attached hydrogens (tertiary/aromatic N) is 2. The van der Waals surface area contributed by atoms with Gasteiger partial charge in [0.2, 0.25) is 5.91 Å². The Morgan fingerprint density at radius 1 is 1.04 bits per heavy atom. The largest absolute Gasteiger partial charge is 0.345 e. The molecule has 1 amide bonds. The van der Waals surface area contributed by atoms with Gasteiger partial charge in [-0.15, -0.1) is 0 Å². The van der Waals surface area contributed by atoms with E-state index in [1.54, 1.807) is 0 Å². The van der Waals surface area contributed by atoms with Crippen LogP contribution in [0.2, 0.25) is 0 Å². The first-order valence-electron chi connectivity index (χ1n) is 8.70. The van der Waals surface area contributed by atoms with Gasteiger partial charge in [0.1, 0.15) is 0 Å². The van der Waals surface area contributed by atoms with Gasteiger partial charge >= 0.3 is 0 Å². The number of amides is 1. The van der Waals surface area contributed by atoms with Gasteiger partial charge in [-0.2, -0.15) is 0 Å². The summed E-state index contributed by atoms with van der Waals surface area (Å²) < 4.78 is 2.24. The Balaban J connectivity index is 2.05. The number of unbranched alkanes of at least 4 members (excludes halogenated alkanes) is 2. The monoisotopic (exact) mass is 312 g/mol. The van der Waals surface area contributed by atoms with E-state index in [1.807, 2.05) is 17.9 Å². The molecule has 23 heavy (non-hydrogen) atoms. The SMILES string of the molecule is CCCCCN(Cc1cccn1Cc1ccccc1)C(=O)CC. The summed E-state index contributed by atoms with van der Waals surface area (Å²) in [6.45, 7) is 6.55. The Kier molecular flexibility index (Phi) is 6.92. The number of rotatable bonds is 9. The highest BCUT2D eigenvalue weighted by molar-refractivity contribution is 5.75. The van der Waals surface area contributed by atoms with Gasteiger partial charge in [-0.3, -0.25) is 4.79 Å². The summed E-state index contributed by atoms with van der Waals surface area (Å²) in [7, 11) is 0. The van der Waals surface area contributed by atoms with Gasteiger partial charge in [0, 0.05) is 31.4 Å². The summed E-state index contributed by atoms with van der Waals surface area (Å²) in [4.78, 5) is 14.2. The lowest BCUT2D eigenvalue weighted by Gasteiger charge is -2.23. The van der Waals surface area contributed by atoms with Crippen molar-refractivity contribution in [1.29, 1.82) is 0 Å². The summed E-state index contributed by atoms with van der Waals surface area (Å²) in [5.41, 5.74) is 2.48. The lowest BCUT2D eigenvalue weighted by Crippen LogP contribution is -2.31. The fourth-order valence-corrected chi connectivity index (χ4v) is 2.79. The second-order valence-electron chi connectivity index (χ2n) is 5.99. The van der Waals surface area contributed by atoms with Crippen LogP contribution in [-0.4, -0.2) is 21.9 Å². The molecule has 0 aliphatic heterocycles. The molecule has 124 valence electrons. The molecule has 1 aromatic carbocycles. The van der Waals surface area contributed by atoms with Crippen LogP contribution >= 0.6 is 0 Å². The van der Waals surface area contributed by atoms with E-state index in [-0.39, 0.29) is 5.91 Å². The fraction of sp³-hybridized carbons (Fsp3) is 0.450. The van der Waals surface area contributed by atoms with Gasteiger partial charge in [0.05, 0.1) is 6.54 Å². The molecule has 3 heteroatoms. The lowest BCUT2D eigenvalue weighted by atomic mass is 10.2. The van der Waals surface area contributed by atoms with E-state index in [9.17, 15) is 4.79 Å². The van der Waals surface area contributed by atoms with Crippen molar-refractivity contribution in [2.75, 3.05) is 6.54 Å². The zero-order valence-corrected chi connectivity index (χ0v) is 14.4. The highest BCUT2D eigenvalue weighted by Crippen LogP contribution is 2.12. The minimum absolute atomic E-state index is 0.244. The van der Waals surface area contributed by atoms with Crippen molar-refractivity contribution in [2.45, 2.75) is 52.6 Å². The molecule has 0 spiro atoms. The molecule has 0 atom stereocenters. The maximum Gasteiger partial charge on any atom is 0.222 e. The van der Waals surface area contributed by atoms with Gasteiger partial charge in [0.25, 0.3) is 0 Å². The Morgan fingerprint density at radius 3 is 2.52 bits per heavy atom. The van der Waals surface area contributed by atoms with Gasteiger partial charge in [-0.25, -0.2) is 0 Å². The number of benzene rings is 1. The molecule has 0 aliphatic rings. The van der Waals surface area contributed by atoms with Crippen LogP contribution in [0, 0.1) is 0 Å². The van der Waals surface area contributed by atoms with E-state index in [2.05, 4.69) is 54.1 Å².